The highest BCUT2D eigenvalue weighted by atomic mass is 127. The van der Waals surface area contributed by atoms with Crippen LogP contribution in [0, 0.1) is 5.92 Å². The van der Waals surface area contributed by atoms with Crippen molar-refractivity contribution in [1.29, 1.82) is 0 Å². The third kappa shape index (κ3) is 7.78. The van der Waals surface area contributed by atoms with E-state index in [2.05, 4.69) is 53.7 Å². The fourth-order valence-corrected chi connectivity index (χ4v) is 3.59. The number of nitrogens with one attached hydrogen (secondary N) is 2. The van der Waals surface area contributed by atoms with Crippen LogP contribution >= 0.6 is 24.0 Å². The molecule has 1 aliphatic rings. The summed E-state index contributed by atoms with van der Waals surface area (Å²) in [5, 5.41) is 7.00. The summed E-state index contributed by atoms with van der Waals surface area (Å²) in [6, 6.07) is 8.57. The molecule has 1 heterocycles. The van der Waals surface area contributed by atoms with Crippen LogP contribution in [0.1, 0.15) is 52.0 Å². The molecule has 0 unspecified atom stereocenters. The highest BCUT2D eigenvalue weighted by Gasteiger charge is 2.34. The molecule has 0 bridgehead atoms. The van der Waals surface area contributed by atoms with Gasteiger partial charge in [0.2, 0.25) is 0 Å². The largest absolute Gasteiger partial charge is 0.494 e. The number of halogens is 1. The van der Waals surface area contributed by atoms with Gasteiger partial charge in [0.1, 0.15) is 5.75 Å². The van der Waals surface area contributed by atoms with Crippen LogP contribution in [0.2, 0.25) is 0 Å². The summed E-state index contributed by atoms with van der Waals surface area (Å²) in [4.78, 5) is 4.40. The van der Waals surface area contributed by atoms with Gasteiger partial charge in [-0.1, -0.05) is 26.0 Å². The van der Waals surface area contributed by atoms with Gasteiger partial charge in [-0.25, -0.2) is 0 Å². The van der Waals surface area contributed by atoms with Gasteiger partial charge in [-0.2, -0.15) is 0 Å². The number of nitrogens with zero attached hydrogens (tertiary/aromatic N) is 1. The van der Waals surface area contributed by atoms with Crippen molar-refractivity contribution in [2.24, 2.45) is 10.9 Å². The summed E-state index contributed by atoms with van der Waals surface area (Å²) < 4.78 is 11.2. The van der Waals surface area contributed by atoms with Crippen molar-refractivity contribution in [3.05, 3.63) is 29.8 Å². The van der Waals surface area contributed by atoms with Crippen LogP contribution in [0.4, 0.5) is 0 Å². The lowest BCUT2D eigenvalue weighted by molar-refractivity contribution is 0.0513. The Morgan fingerprint density at radius 2 is 1.86 bits per heavy atom. The van der Waals surface area contributed by atoms with Gasteiger partial charge < -0.3 is 20.1 Å². The predicted molar refractivity (Wildman–Crippen MR) is 128 cm³/mol. The number of rotatable bonds is 9. The number of aliphatic imine (C=N–C) groups is 1. The molecule has 1 saturated heterocycles. The number of ether oxygens (including phenoxy) is 2. The topological polar surface area (TPSA) is 54.9 Å². The summed E-state index contributed by atoms with van der Waals surface area (Å²) in [5.74, 6) is 2.56. The third-order valence-electron chi connectivity index (χ3n) is 5.30. The number of hydrogen-bond acceptors (Lipinski definition) is 3. The maximum Gasteiger partial charge on any atom is 0.191 e. The lowest BCUT2D eigenvalue weighted by Crippen LogP contribution is -2.48. The van der Waals surface area contributed by atoms with Crippen molar-refractivity contribution in [3.63, 3.8) is 0 Å². The third-order valence-corrected chi connectivity index (χ3v) is 5.30. The Hall–Kier alpha value is -1.02. The first-order valence-corrected chi connectivity index (χ1v) is 10.4. The van der Waals surface area contributed by atoms with Crippen molar-refractivity contribution in [2.45, 2.75) is 51.9 Å². The molecule has 0 radical (unpaired) electrons. The molecule has 1 fully saturated rings. The summed E-state index contributed by atoms with van der Waals surface area (Å²) in [5.41, 5.74) is 1.41. The quantitative estimate of drug-likeness (QED) is 0.228. The summed E-state index contributed by atoms with van der Waals surface area (Å²) in [7, 11) is 1.84. The Bertz CT molecular complexity index is 570. The molecule has 1 aliphatic heterocycles. The van der Waals surface area contributed by atoms with Crippen molar-refractivity contribution in [1.82, 2.24) is 10.6 Å². The average molecular weight is 503 g/mol. The minimum Gasteiger partial charge on any atom is -0.494 e. The van der Waals surface area contributed by atoms with E-state index in [9.17, 15) is 0 Å². The normalized spacial score (nSPS) is 16.4. The summed E-state index contributed by atoms with van der Waals surface area (Å²) in [6.45, 7) is 10.6. The molecule has 0 atom stereocenters. The molecule has 5 nitrogen and oxygen atoms in total. The minimum absolute atomic E-state index is 0. The molecule has 0 aromatic heterocycles. The molecule has 0 spiro atoms. The lowest BCUT2D eigenvalue weighted by atomic mass is 9.74. The SMILES string of the molecule is CCOc1ccc(C2(CNC(=NC)NCCCC(C)C)CCOCC2)cc1.I. The van der Waals surface area contributed by atoms with Gasteiger partial charge in [0.05, 0.1) is 6.61 Å². The van der Waals surface area contributed by atoms with Crippen molar-refractivity contribution >= 4 is 29.9 Å². The molecule has 28 heavy (non-hydrogen) atoms. The van der Waals surface area contributed by atoms with Gasteiger partial charge in [0.15, 0.2) is 5.96 Å². The zero-order valence-electron chi connectivity index (χ0n) is 17.9. The van der Waals surface area contributed by atoms with Crippen molar-refractivity contribution in [2.75, 3.05) is 40.0 Å². The van der Waals surface area contributed by atoms with Gasteiger partial charge in [0.25, 0.3) is 0 Å². The van der Waals surface area contributed by atoms with E-state index >= 15 is 0 Å². The standard InChI is InChI=1S/C22H37N3O2.HI/c1-5-27-20-10-8-19(9-11-20)22(12-15-26-16-13-22)17-25-21(23-4)24-14-6-7-18(2)3;/h8-11,18H,5-7,12-17H2,1-4H3,(H2,23,24,25);1H. The van der Waals surface area contributed by atoms with Crippen LogP contribution in [0.3, 0.4) is 0 Å². The van der Waals surface area contributed by atoms with Crippen LogP contribution in [-0.4, -0.2) is 45.9 Å². The maximum absolute atomic E-state index is 5.65. The molecule has 2 N–H and O–H groups in total. The van der Waals surface area contributed by atoms with Gasteiger partial charge in [-0.15, -0.1) is 24.0 Å². The van der Waals surface area contributed by atoms with Crippen LogP contribution in [0.25, 0.3) is 0 Å². The number of hydrogen-bond donors (Lipinski definition) is 2. The number of guanidine groups is 1. The van der Waals surface area contributed by atoms with Gasteiger partial charge in [0, 0.05) is 38.8 Å². The van der Waals surface area contributed by atoms with E-state index < -0.39 is 0 Å². The van der Waals surface area contributed by atoms with Crippen LogP contribution in [-0.2, 0) is 10.2 Å². The lowest BCUT2D eigenvalue weighted by Gasteiger charge is -2.38. The molecule has 1 aromatic rings. The summed E-state index contributed by atoms with van der Waals surface area (Å²) >= 11 is 0. The van der Waals surface area contributed by atoms with Gasteiger partial charge in [-0.05, 0) is 56.2 Å². The summed E-state index contributed by atoms with van der Waals surface area (Å²) in [6.07, 6.45) is 4.42. The molecule has 6 heteroatoms. The fraction of sp³-hybridized carbons (Fsp3) is 0.682. The highest BCUT2D eigenvalue weighted by molar-refractivity contribution is 14.0. The first-order chi connectivity index (χ1) is 13.1. The molecular weight excluding hydrogens is 465 g/mol. The second-order valence-electron chi connectivity index (χ2n) is 7.74. The Labute approximate surface area is 188 Å². The zero-order chi connectivity index (χ0) is 19.5. The monoisotopic (exact) mass is 503 g/mol. The molecule has 1 aromatic carbocycles. The Morgan fingerprint density at radius 3 is 2.43 bits per heavy atom. The molecule has 0 saturated carbocycles. The van der Waals surface area contributed by atoms with Crippen LogP contribution < -0.4 is 15.4 Å². The molecule has 2 rings (SSSR count). The van der Waals surface area contributed by atoms with Gasteiger partial charge in [-0.3, -0.25) is 4.99 Å². The van der Waals surface area contributed by atoms with E-state index in [-0.39, 0.29) is 29.4 Å². The highest BCUT2D eigenvalue weighted by Crippen LogP contribution is 2.35. The van der Waals surface area contributed by atoms with Crippen molar-refractivity contribution in [3.8, 4) is 5.75 Å². The van der Waals surface area contributed by atoms with E-state index in [1.54, 1.807) is 0 Å². The van der Waals surface area contributed by atoms with Gasteiger partial charge >= 0.3 is 0 Å². The first kappa shape index (κ1) is 25.0. The first-order valence-electron chi connectivity index (χ1n) is 10.4. The van der Waals surface area contributed by atoms with E-state index in [1.807, 2.05) is 14.0 Å². The van der Waals surface area contributed by atoms with E-state index in [0.717, 1.165) is 63.2 Å². The van der Waals surface area contributed by atoms with E-state index in [0.29, 0.717) is 6.61 Å². The Morgan fingerprint density at radius 1 is 1.18 bits per heavy atom. The maximum atomic E-state index is 5.65. The predicted octanol–water partition coefficient (Wildman–Crippen LogP) is 4.35. The van der Waals surface area contributed by atoms with Crippen molar-refractivity contribution < 1.29 is 9.47 Å². The average Bonchev–Trinajstić information content (AvgIpc) is 2.69. The molecule has 0 amide bonds. The molecule has 160 valence electrons. The smallest absolute Gasteiger partial charge is 0.191 e. The Balaban J connectivity index is 0.00000392. The Kier molecular flexibility index (Phi) is 11.8. The molecule has 0 aliphatic carbocycles. The van der Waals surface area contributed by atoms with Crippen LogP contribution in [0.5, 0.6) is 5.75 Å². The molecular formula is C22H38IN3O2. The van der Waals surface area contributed by atoms with E-state index in [4.69, 9.17) is 9.47 Å². The zero-order valence-corrected chi connectivity index (χ0v) is 20.3. The second-order valence-corrected chi connectivity index (χ2v) is 7.74. The fourth-order valence-electron chi connectivity index (χ4n) is 3.59. The van der Waals surface area contributed by atoms with E-state index in [1.165, 1.54) is 12.0 Å². The number of benzene rings is 1. The van der Waals surface area contributed by atoms with Crippen LogP contribution in [0.15, 0.2) is 29.3 Å². The second kappa shape index (κ2) is 13.2. The minimum atomic E-state index is 0.